The molecule has 0 unspecified atom stereocenters. The first-order chi connectivity index (χ1) is 8.38. The van der Waals surface area contributed by atoms with Crippen molar-refractivity contribution in [3.8, 4) is 0 Å². The summed E-state index contributed by atoms with van der Waals surface area (Å²) in [6.07, 6.45) is -5.17. The van der Waals surface area contributed by atoms with Crippen LogP contribution in [0.25, 0.3) is 0 Å². The minimum Gasteiger partial charge on any atom is -0.373 e. The maximum atomic E-state index is 11.8. The summed E-state index contributed by atoms with van der Waals surface area (Å²) in [7, 11) is 0. The summed E-state index contributed by atoms with van der Waals surface area (Å²) < 4.78 is 40.4. The Balaban J connectivity index is 2.26. The number of carbonyl (C=O) groups is 1. The molecule has 0 N–H and O–H groups in total. The van der Waals surface area contributed by atoms with Crippen molar-refractivity contribution >= 4 is 5.78 Å². The number of carbonyl (C=O) groups excluding carboxylic acids is 1. The second kappa shape index (κ2) is 6.54. The summed E-state index contributed by atoms with van der Waals surface area (Å²) in [6, 6.07) is 7.00. The molecule has 0 amide bonds. The molecule has 18 heavy (non-hydrogen) atoms. The van der Waals surface area contributed by atoms with Crippen LogP contribution in [0.3, 0.4) is 0 Å². The number of aryl methyl sites for hydroxylation is 1. The Morgan fingerprint density at radius 3 is 2.67 bits per heavy atom. The van der Waals surface area contributed by atoms with Gasteiger partial charge in [0, 0.05) is 18.6 Å². The van der Waals surface area contributed by atoms with Crippen LogP contribution >= 0.6 is 0 Å². The van der Waals surface area contributed by atoms with Crippen LogP contribution in [0, 0.1) is 6.92 Å². The minimum atomic E-state index is -4.16. The normalized spacial score (nSPS) is 11.6. The number of hydrogen-bond donors (Lipinski definition) is 0. The summed E-state index contributed by atoms with van der Waals surface area (Å²) in [5.41, 5.74) is 1.48. The fourth-order valence-electron chi connectivity index (χ4n) is 1.44. The van der Waals surface area contributed by atoms with Crippen LogP contribution in [0.4, 0.5) is 13.2 Å². The van der Waals surface area contributed by atoms with E-state index in [1.165, 1.54) is 0 Å². The third-order valence-corrected chi connectivity index (χ3v) is 2.32. The molecular formula is C13H15F3O2. The molecule has 0 spiro atoms. The maximum absolute atomic E-state index is 11.8. The van der Waals surface area contributed by atoms with Crippen molar-refractivity contribution in [1.82, 2.24) is 0 Å². The van der Waals surface area contributed by atoms with E-state index in [0.717, 1.165) is 5.56 Å². The lowest BCUT2D eigenvalue weighted by Gasteiger charge is -2.06. The van der Waals surface area contributed by atoms with Crippen molar-refractivity contribution < 1.29 is 22.7 Å². The highest BCUT2D eigenvalue weighted by molar-refractivity contribution is 5.97. The highest BCUT2D eigenvalue weighted by atomic mass is 19.4. The van der Waals surface area contributed by atoms with Crippen LogP contribution in [0.1, 0.15) is 28.8 Å². The number of ketones is 1. The molecule has 0 saturated carbocycles. The van der Waals surface area contributed by atoms with Gasteiger partial charge in [-0.05, 0) is 19.4 Å². The average molecular weight is 260 g/mol. The topological polar surface area (TPSA) is 26.3 Å². The van der Waals surface area contributed by atoms with Gasteiger partial charge in [0.1, 0.15) is 6.61 Å². The van der Waals surface area contributed by atoms with Gasteiger partial charge in [-0.25, -0.2) is 0 Å². The molecule has 0 aliphatic carbocycles. The molecule has 0 fully saturated rings. The van der Waals surface area contributed by atoms with Gasteiger partial charge < -0.3 is 4.74 Å². The van der Waals surface area contributed by atoms with Crippen molar-refractivity contribution in [1.29, 1.82) is 0 Å². The Hall–Kier alpha value is -1.36. The van der Waals surface area contributed by atoms with E-state index in [9.17, 15) is 18.0 Å². The monoisotopic (exact) mass is 260 g/mol. The van der Waals surface area contributed by atoms with Crippen molar-refractivity contribution in [2.75, 3.05) is 13.2 Å². The van der Waals surface area contributed by atoms with Gasteiger partial charge in [0.25, 0.3) is 0 Å². The Morgan fingerprint density at radius 1 is 1.33 bits per heavy atom. The summed E-state index contributed by atoms with van der Waals surface area (Å²) in [5, 5.41) is 0. The van der Waals surface area contributed by atoms with Crippen molar-refractivity contribution in [3.05, 3.63) is 35.4 Å². The van der Waals surface area contributed by atoms with Gasteiger partial charge in [0.15, 0.2) is 5.78 Å². The Bertz CT molecular complexity index is 399. The van der Waals surface area contributed by atoms with E-state index in [1.54, 1.807) is 18.2 Å². The molecule has 0 bridgehead atoms. The molecule has 0 atom stereocenters. The third-order valence-electron chi connectivity index (χ3n) is 2.32. The molecule has 0 saturated heterocycles. The van der Waals surface area contributed by atoms with E-state index in [2.05, 4.69) is 0 Å². The number of hydrogen-bond acceptors (Lipinski definition) is 2. The number of alkyl halides is 3. The van der Waals surface area contributed by atoms with Crippen LogP contribution in [0.2, 0.25) is 0 Å². The molecule has 0 aromatic heterocycles. The van der Waals surface area contributed by atoms with Crippen LogP contribution in [0.5, 0.6) is 0 Å². The van der Waals surface area contributed by atoms with Crippen LogP contribution in [-0.2, 0) is 4.74 Å². The zero-order chi connectivity index (χ0) is 13.6. The second-order valence-corrected chi connectivity index (χ2v) is 4.06. The van der Waals surface area contributed by atoms with Crippen LogP contribution in [-0.4, -0.2) is 25.2 Å². The van der Waals surface area contributed by atoms with E-state index < -0.39 is 12.6 Å². The van der Waals surface area contributed by atoms with Gasteiger partial charge in [-0.15, -0.1) is 0 Å². The molecule has 0 aliphatic rings. The van der Waals surface area contributed by atoms with E-state index >= 15 is 0 Å². The number of halogens is 3. The minimum absolute atomic E-state index is 0.0585. The van der Waals surface area contributed by atoms with E-state index in [4.69, 9.17) is 4.74 Å². The van der Waals surface area contributed by atoms with Gasteiger partial charge in [0.05, 0.1) is 0 Å². The summed E-state index contributed by atoms with van der Waals surface area (Å²) in [5.74, 6) is -0.217. The molecule has 0 aliphatic heterocycles. The van der Waals surface area contributed by atoms with E-state index in [1.807, 2.05) is 13.0 Å². The van der Waals surface area contributed by atoms with Gasteiger partial charge in [0.2, 0.25) is 0 Å². The third kappa shape index (κ3) is 5.82. The maximum Gasteiger partial charge on any atom is 0.389 e. The molecule has 1 aromatic rings. The van der Waals surface area contributed by atoms with Crippen molar-refractivity contribution in [2.45, 2.75) is 25.9 Å². The van der Waals surface area contributed by atoms with Crippen molar-refractivity contribution in [3.63, 3.8) is 0 Å². The molecule has 0 heterocycles. The number of rotatable bonds is 6. The fourth-order valence-corrected chi connectivity index (χ4v) is 1.44. The van der Waals surface area contributed by atoms with E-state index in [0.29, 0.717) is 5.56 Å². The lowest BCUT2D eigenvalue weighted by Crippen LogP contribution is -2.12. The summed E-state index contributed by atoms with van der Waals surface area (Å²) in [6.45, 7) is 1.62. The predicted octanol–water partition coefficient (Wildman–Crippen LogP) is 3.54. The van der Waals surface area contributed by atoms with Gasteiger partial charge in [-0.2, -0.15) is 13.2 Å². The number of ether oxygens (including phenoxy) is 1. The Kier molecular flexibility index (Phi) is 5.34. The highest BCUT2D eigenvalue weighted by Gasteiger charge is 2.25. The van der Waals surface area contributed by atoms with Gasteiger partial charge in [-0.1, -0.05) is 23.8 Å². The largest absolute Gasteiger partial charge is 0.389 e. The zero-order valence-electron chi connectivity index (χ0n) is 10.1. The summed E-state index contributed by atoms with van der Waals surface area (Å²) in [4.78, 5) is 11.6. The SMILES string of the molecule is Cc1cccc(C(=O)COCCCC(F)(F)F)c1. The van der Waals surface area contributed by atoms with Crippen LogP contribution < -0.4 is 0 Å². The fraction of sp³-hybridized carbons (Fsp3) is 0.462. The molecule has 1 rings (SSSR count). The zero-order valence-corrected chi connectivity index (χ0v) is 10.1. The first-order valence-electron chi connectivity index (χ1n) is 5.63. The lowest BCUT2D eigenvalue weighted by atomic mass is 10.1. The molecule has 2 nitrogen and oxygen atoms in total. The van der Waals surface area contributed by atoms with E-state index in [-0.39, 0.29) is 25.4 Å². The van der Waals surface area contributed by atoms with Gasteiger partial charge in [-0.3, -0.25) is 4.79 Å². The predicted molar refractivity (Wildman–Crippen MR) is 61.6 cm³/mol. The highest BCUT2D eigenvalue weighted by Crippen LogP contribution is 2.21. The van der Waals surface area contributed by atoms with Gasteiger partial charge >= 0.3 is 6.18 Å². The Labute approximate surface area is 104 Å². The second-order valence-electron chi connectivity index (χ2n) is 4.06. The standard InChI is InChI=1S/C13H15F3O2/c1-10-4-2-5-11(8-10)12(17)9-18-7-3-6-13(14,15)16/h2,4-5,8H,3,6-7,9H2,1H3. The first-order valence-corrected chi connectivity index (χ1v) is 5.63. The quantitative estimate of drug-likeness (QED) is 0.577. The smallest absolute Gasteiger partial charge is 0.373 e. The Morgan fingerprint density at radius 2 is 2.06 bits per heavy atom. The van der Waals surface area contributed by atoms with Crippen molar-refractivity contribution in [2.24, 2.45) is 0 Å². The average Bonchev–Trinajstić information content (AvgIpc) is 2.26. The lowest BCUT2D eigenvalue weighted by molar-refractivity contribution is -0.137. The molecule has 1 aromatic carbocycles. The van der Waals surface area contributed by atoms with Crippen LogP contribution in [0.15, 0.2) is 24.3 Å². The first kappa shape index (κ1) is 14.7. The molecular weight excluding hydrogens is 245 g/mol. The summed E-state index contributed by atoms with van der Waals surface area (Å²) >= 11 is 0. The number of benzene rings is 1. The molecule has 100 valence electrons. The molecule has 5 heteroatoms. The number of Topliss-reactive ketones (excluding diaryl/α,β-unsaturated/α-hetero) is 1. The molecule has 0 radical (unpaired) electrons.